The standard InChI is InChI=1S/C19H19N3O2/c1-19(2,3)18(23)20-15-11-7-10-14(12-15)17-22-21-16(24-17)13-8-5-4-6-9-13/h4-12H,1-3H3,(H,20,23). The number of hydrogen-bond donors (Lipinski definition) is 1. The smallest absolute Gasteiger partial charge is 0.248 e. The van der Waals surface area contributed by atoms with Gasteiger partial charge in [0.25, 0.3) is 0 Å². The summed E-state index contributed by atoms with van der Waals surface area (Å²) in [5.74, 6) is 0.839. The molecule has 3 aromatic rings. The molecule has 0 aliphatic carbocycles. The molecule has 0 aliphatic rings. The van der Waals surface area contributed by atoms with Gasteiger partial charge in [0.15, 0.2) is 0 Å². The summed E-state index contributed by atoms with van der Waals surface area (Å²) in [6.07, 6.45) is 0. The number of nitrogens with one attached hydrogen (secondary N) is 1. The van der Waals surface area contributed by atoms with Crippen molar-refractivity contribution in [1.29, 1.82) is 0 Å². The Kier molecular flexibility index (Phi) is 4.16. The number of rotatable bonds is 3. The van der Waals surface area contributed by atoms with Crippen molar-refractivity contribution in [1.82, 2.24) is 10.2 Å². The summed E-state index contributed by atoms with van der Waals surface area (Å²) >= 11 is 0. The predicted octanol–water partition coefficient (Wildman–Crippen LogP) is 4.39. The molecule has 0 unspecified atom stereocenters. The Balaban J connectivity index is 1.85. The van der Waals surface area contributed by atoms with Crippen molar-refractivity contribution in [3.05, 3.63) is 54.6 Å². The van der Waals surface area contributed by atoms with E-state index in [1.54, 1.807) is 0 Å². The SMILES string of the molecule is CC(C)(C)C(=O)Nc1cccc(-c2nnc(-c3ccccc3)o2)c1. The molecule has 0 fully saturated rings. The molecule has 0 bridgehead atoms. The van der Waals surface area contributed by atoms with Crippen LogP contribution in [0.4, 0.5) is 5.69 Å². The zero-order chi connectivity index (χ0) is 17.2. The molecule has 3 rings (SSSR count). The highest BCUT2D eigenvalue weighted by atomic mass is 16.4. The number of anilines is 1. The molecular formula is C19H19N3O2. The fraction of sp³-hybridized carbons (Fsp3) is 0.211. The highest BCUT2D eigenvalue weighted by Gasteiger charge is 2.21. The molecule has 0 atom stereocenters. The van der Waals surface area contributed by atoms with Gasteiger partial charge in [-0.05, 0) is 30.3 Å². The second-order valence-corrected chi connectivity index (χ2v) is 6.56. The van der Waals surface area contributed by atoms with Gasteiger partial charge in [-0.1, -0.05) is 45.0 Å². The molecule has 24 heavy (non-hydrogen) atoms. The van der Waals surface area contributed by atoms with Crippen LogP contribution in [0.2, 0.25) is 0 Å². The lowest BCUT2D eigenvalue weighted by atomic mass is 9.95. The number of aromatic nitrogens is 2. The van der Waals surface area contributed by atoms with Crippen molar-refractivity contribution in [3.63, 3.8) is 0 Å². The number of carbonyl (C=O) groups excluding carboxylic acids is 1. The second-order valence-electron chi connectivity index (χ2n) is 6.56. The lowest BCUT2D eigenvalue weighted by Gasteiger charge is -2.17. The van der Waals surface area contributed by atoms with Gasteiger partial charge in [0.2, 0.25) is 17.7 Å². The highest BCUT2D eigenvalue weighted by Crippen LogP contribution is 2.26. The number of amides is 1. The summed E-state index contributed by atoms with van der Waals surface area (Å²) in [4.78, 5) is 12.1. The molecule has 122 valence electrons. The number of carbonyl (C=O) groups is 1. The molecule has 5 nitrogen and oxygen atoms in total. The molecule has 2 aromatic carbocycles. The maximum absolute atomic E-state index is 12.1. The van der Waals surface area contributed by atoms with Gasteiger partial charge in [-0.25, -0.2) is 0 Å². The van der Waals surface area contributed by atoms with Crippen LogP contribution in [0.1, 0.15) is 20.8 Å². The topological polar surface area (TPSA) is 68.0 Å². The van der Waals surface area contributed by atoms with Crippen LogP contribution in [-0.2, 0) is 4.79 Å². The van der Waals surface area contributed by atoms with E-state index in [4.69, 9.17) is 4.42 Å². The summed E-state index contributed by atoms with van der Waals surface area (Å²) in [7, 11) is 0. The van der Waals surface area contributed by atoms with Crippen molar-refractivity contribution in [2.45, 2.75) is 20.8 Å². The summed E-state index contributed by atoms with van der Waals surface area (Å²) in [6.45, 7) is 5.61. The lowest BCUT2D eigenvalue weighted by Crippen LogP contribution is -2.27. The van der Waals surface area contributed by atoms with Crippen molar-refractivity contribution in [2.24, 2.45) is 5.41 Å². The van der Waals surface area contributed by atoms with E-state index in [1.165, 1.54) is 0 Å². The van der Waals surface area contributed by atoms with Gasteiger partial charge in [-0.15, -0.1) is 10.2 Å². The average molecular weight is 321 g/mol. The van der Waals surface area contributed by atoms with Crippen LogP contribution in [-0.4, -0.2) is 16.1 Å². The van der Waals surface area contributed by atoms with Gasteiger partial charge < -0.3 is 9.73 Å². The van der Waals surface area contributed by atoms with E-state index in [9.17, 15) is 4.79 Å². The molecule has 0 radical (unpaired) electrons. The first kappa shape index (κ1) is 15.9. The monoisotopic (exact) mass is 321 g/mol. The molecule has 1 amide bonds. The Morgan fingerprint density at radius 3 is 2.21 bits per heavy atom. The van der Waals surface area contributed by atoms with Crippen molar-refractivity contribution in [3.8, 4) is 22.9 Å². The summed E-state index contributed by atoms with van der Waals surface area (Å²) in [5, 5.41) is 11.1. The van der Waals surface area contributed by atoms with E-state index in [0.29, 0.717) is 17.5 Å². The zero-order valence-electron chi connectivity index (χ0n) is 13.9. The Hall–Kier alpha value is -2.95. The Morgan fingerprint density at radius 1 is 0.917 bits per heavy atom. The van der Waals surface area contributed by atoms with Gasteiger partial charge in [-0.2, -0.15) is 0 Å². The van der Waals surface area contributed by atoms with E-state index in [-0.39, 0.29) is 5.91 Å². The maximum Gasteiger partial charge on any atom is 0.248 e. The van der Waals surface area contributed by atoms with Crippen LogP contribution in [0.5, 0.6) is 0 Å². The van der Waals surface area contributed by atoms with Crippen molar-refractivity contribution in [2.75, 3.05) is 5.32 Å². The molecular weight excluding hydrogens is 302 g/mol. The first-order chi connectivity index (χ1) is 11.4. The second kappa shape index (κ2) is 6.28. The van der Waals surface area contributed by atoms with E-state index in [2.05, 4.69) is 15.5 Å². The van der Waals surface area contributed by atoms with Gasteiger partial charge in [0.05, 0.1) is 0 Å². The van der Waals surface area contributed by atoms with Crippen LogP contribution >= 0.6 is 0 Å². The van der Waals surface area contributed by atoms with E-state index >= 15 is 0 Å². The first-order valence-corrected chi connectivity index (χ1v) is 7.74. The third-order valence-electron chi connectivity index (χ3n) is 3.49. The fourth-order valence-electron chi connectivity index (χ4n) is 2.09. The summed E-state index contributed by atoms with van der Waals surface area (Å²) in [5.41, 5.74) is 1.87. The first-order valence-electron chi connectivity index (χ1n) is 7.74. The van der Waals surface area contributed by atoms with Gasteiger partial charge in [-0.3, -0.25) is 4.79 Å². The molecule has 5 heteroatoms. The fourth-order valence-corrected chi connectivity index (χ4v) is 2.09. The average Bonchev–Trinajstić information content (AvgIpc) is 3.05. The lowest BCUT2D eigenvalue weighted by molar-refractivity contribution is -0.123. The van der Waals surface area contributed by atoms with Gasteiger partial charge in [0.1, 0.15) is 0 Å². The minimum Gasteiger partial charge on any atom is -0.416 e. The van der Waals surface area contributed by atoms with Gasteiger partial charge in [0, 0.05) is 22.2 Å². The number of hydrogen-bond acceptors (Lipinski definition) is 4. The molecule has 0 saturated heterocycles. The number of benzene rings is 2. The van der Waals surface area contributed by atoms with Crippen LogP contribution in [0, 0.1) is 5.41 Å². The van der Waals surface area contributed by atoms with Crippen LogP contribution in [0.15, 0.2) is 59.0 Å². The normalized spacial score (nSPS) is 11.3. The van der Waals surface area contributed by atoms with Crippen molar-refractivity contribution < 1.29 is 9.21 Å². The van der Waals surface area contributed by atoms with Crippen LogP contribution in [0.3, 0.4) is 0 Å². The molecule has 1 aromatic heterocycles. The van der Waals surface area contributed by atoms with E-state index in [0.717, 1.165) is 11.1 Å². The molecule has 0 aliphatic heterocycles. The zero-order valence-corrected chi connectivity index (χ0v) is 13.9. The molecule has 1 N–H and O–H groups in total. The van der Waals surface area contributed by atoms with Crippen LogP contribution < -0.4 is 5.32 Å². The largest absolute Gasteiger partial charge is 0.416 e. The maximum atomic E-state index is 12.1. The predicted molar refractivity (Wildman–Crippen MR) is 93.3 cm³/mol. The highest BCUT2D eigenvalue weighted by molar-refractivity contribution is 5.94. The molecule has 0 saturated carbocycles. The number of nitrogens with zero attached hydrogens (tertiary/aromatic N) is 2. The minimum absolute atomic E-state index is 0.0462. The Morgan fingerprint density at radius 2 is 1.54 bits per heavy atom. The molecule has 0 spiro atoms. The Labute approximate surface area is 140 Å². The minimum atomic E-state index is -0.457. The quantitative estimate of drug-likeness (QED) is 0.777. The molecule has 1 heterocycles. The third kappa shape index (κ3) is 3.51. The van der Waals surface area contributed by atoms with Crippen LogP contribution in [0.25, 0.3) is 22.9 Å². The summed E-state index contributed by atoms with van der Waals surface area (Å²) in [6, 6.07) is 17.0. The Bertz CT molecular complexity index is 848. The van der Waals surface area contributed by atoms with E-state index < -0.39 is 5.41 Å². The van der Waals surface area contributed by atoms with Crippen molar-refractivity contribution >= 4 is 11.6 Å². The van der Waals surface area contributed by atoms with E-state index in [1.807, 2.05) is 75.4 Å². The summed E-state index contributed by atoms with van der Waals surface area (Å²) < 4.78 is 5.75. The third-order valence-corrected chi connectivity index (χ3v) is 3.49. The van der Waals surface area contributed by atoms with Gasteiger partial charge >= 0.3 is 0 Å².